The number of carbonyl (C=O) groups is 1. The fraction of sp³-hybridized carbons (Fsp3) is 0.136. The lowest BCUT2D eigenvalue weighted by atomic mass is 9.99. The summed E-state index contributed by atoms with van der Waals surface area (Å²) in [6, 6.07) is 22.7. The summed E-state index contributed by atoms with van der Waals surface area (Å²) in [4.78, 5) is 13.3. The van der Waals surface area contributed by atoms with Crippen molar-refractivity contribution in [2.45, 2.75) is 13.0 Å². The van der Waals surface area contributed by atoms with Crippen molar-refractivity contribution in [2.24, 2.45) is 0 Å². The van der Waals surface area contributed by atoms with Crippen molar-refractivity contribution in [3.05, 3.63) is 101 Å². The first kappa shape index (κ1) is 16.9. The van der Waals surface area contributed by atoms with Crippen molar-refractivity contribution in [2.75, 3.05) is 11.9 Å². The highest BCUT2D eigenvalue weighted by Crippen LogP contribution is 2.21. The molecule has 0 saturated heterocycles. The van der Waals surface area contributed by atoms with Gasteiger partial charge in [0.2, 0.25) is 0 Å². The summed E-state index contributed by atoms with van der Waals surface area (Å²) in [7, 11) is 1.82. The summed E-state index contributed by atoms with van der Waals surface area (Å²) in [6.45, 7) is 0.473. The molecule has 0 aliphatic heterocycles. The Morgan fingerprint density at radius 2 is 1.64 bits per heavy atom. The number of anilines is 1. The van der Waals surface area contributed by atoms with Gasteiger partial charge < -0.3 is 4.90 Å². The smallest absolute Gasteiger partial charge is 0.150 e. The molecule has 3 aromatic rings. The van der Waals surface area contributed by atoms with E-state index in [1.165, 1.54) is 11.6 Å². The molecule has 126 valence electrons. The van der Waals surface area contributed by atoms with Gasteiger partial charge in [-0.05, 0) is 41.3 Å². The Morgan fingerprint density at radius 3 is 2.36 bits per heavy atom. The van der Waals surface area contributed by atoms with Crippen LogP contribution < -0.4 is 4.90 Å². The molecule has 0 fully saturated rings. The Bertz CT molecular complexity index is 861. The predicted molar refractivity (Wildman–Crippen MR) is 99.6 cm³/mol. The Morgan fingerprint density at radius 1 is 0.920 bits per heavy atom. The molecule has 0 bridgehead atoms. The van der Waals surface area contributed by atoms with E-state index >= 15 is 0 Å². The minimum Gasteiger partial charge on any atom is -0.368 e. The molecule has 25 heavy (non-hydrogen) atoms. The molecule has 0 radical (unpaired) electrons. The van der Waals surface area contributed by atoms with Crippen LogP contribution in [0, 0.1) is 5.82 Å². The van der Waals surface area contributed by atoms with Crippen molar-refractivity contribution in [1.29, 1.82) is 0 Å². The zero-order valence-corrected chi connectivity index (χ0v) is 14.2. The second-order valence-electron chi connectivity index (χ2n) is 6.12. The number of carbonyl (C=O) groups excluding carboxylic acids is 1. The normalized spacial score (nSPS) is 10.5. The van der Waals surface area contributed by atoms with Gasteiger partial charge in [0.25, 0.3) is 0 Å². The maximum atomic E-state index is 13.9. The molecule has 0 spiro atoms. The topological polar surface area (TPSA) is 20.3 Å². The molecule has 0 aliphatic carbocycles. The highest BCUT2D eigenvalue weighted by molar-refractivity contribution is 5.78. The first-order chi connectivity index (χ1) is 12.2. The van der Waals surface area contributed by atoms with Crippen LogP contribution in [-0.2, 0) is 13.0 Å². The molecule has 0 aliphatic rings. The van der Waals surface area contributed by atoms with Crippen LogP contribution in [0.4, 0.5) is 10.1 Å². The summed E-state index contributed by atoms with van der Waals surface area (Å²) in [6.07, 6.45) is 1.66. The first-order valence-corrected chi connectivity index (χ1v) is 8.24. The molecule has 0 N–H and O–H groups in total. The van der Waals surface area contributed by atoms with Crippen molar-refractivity contribution in [3.63, 3.8) is 0 Å². The molecule has 0 unspecified atom stereocenters. The lowest BCUT2D eigenvalue weighted by molar-refractivity contribution is 0.112. The molecule has 3 heteroatoms. The summed E-state index contributed by atoms with van der Waals surface area (Å²) >= 11 is 0. The second-order valence-corrected chi connectivity index (χ2v) is 6.12. The number of halogens is 1. The number of rotatable bonds is 6. The van der Waals surface area contributed by atoms with Crippen molar-refractivity contribution < 1.29 is 9.18 Å². The molecule has 0 aromatic heterocycles. The number of hydrogen-bond donors (Lipinski definition) is 0. The van der Waals surface area contributed by atoms with Gasteiger partial charge in [-0.15, -0.1) is 0 Å². The molecule has 2 nitrogen and oxygen atoms in total. The Balaban J connectivity index is 1.80. The number of para-hydroxylation sites is 1. The second kappa shape index (κ2) is 7.75. The van der Waals surface area contributed by atoms with E-state index in [0.29, 0.717) is 17.8 Å². The molecule has 3 rings (SSSR count). The third kappa shape index (κ3) is 4.13. The van der Waals surface area contributed by atoms with Gasteiger partial charge in [-0.1, -0.05) is 54.6 Å². The third-order valence-electron chi connectivity index (χ3n) is 4.26. The predicted octanol–water partition coefficient (Wildman–Crippen LogP) is 4.87. The maximum Gasteiger partial charge on any atom is 0.150 e. The Labute approximate surface area is 147 Å². The molecule has 0 amide bonds. The molecule has 0 atom stereocenters. The summed E-state index contributed by atoms with van der Waals surface area (Å²) < 4.78 is 13.9. The molecule has 3 aromatic carbocycles. The monoisotopic (exact) mass is 333 g/mol. The van der Waals surface area contributed by atoms with Gasteiger partial charge in [-0.25, -0.2) is 4.39 Å². The van der Waals surface area contributed by atoms with E-state index in [0.717, 1.165) is 23.8 Å². The SMILES string of the molecule is CN(Cc1ccc(Cc2ccccc2)cc1C=O)c1ccccc1F. The lowest BCUT2D eigenvalue weighted by Crippen LogP contribution is -2.18. The van der Waals surface area contributed by atoms with E-state index in [1.807, 2.05) is 48.3 Å². The highest BCUT2D eigenvalue weighted by Gasteiger charge is 2.10. The largest absolute Gasteiger partial charge is 0.368 e. The number of benzene rings is 3. The van der Waals surface area contributed by atoms with Crippen LogP contribution in [0.3, 0.4) is 0 Å². The quantitative estimate of drug-likeness (QED) is 0.600. The molecular formula is C22H20FNO. The van der Waals surface area contributed by atoms with Crippen LogP contribution in [0.5, 0.6) is 0 Å². The van der Waals surface area contributed by atoms with Gasteiger partial charge in [0.15, 0.2) is 0 Å². The third-order valence-corrected chi connectivity index (χ3v) is 4.26. The van der Waals surface area contributed by atoms with Crippen LogP contribution in [-0.4, -0.2) is 13.3 Å². The molecule has 0 heterocycles. The van der Waals surface area contributed by atoms with E-state index in [1.54, 1.807) is 18.2 Å². The van der Waals surface area contributed by atoms with Crippen molar-refractivity contribution in [3.8, 4) is 0 Å². The standard InChI is InChI=1S/C22H20FNO/c1-24(22-10-6-5-9-21(22)23)15-19-12-11-18(14-20(19)16-25)13-17-7-3-2-4-8-17/h2-12,14,16H,13,15H2,1H3. The van der Waals surface area contributed by atoms with Gasteiger partial charge in [0.05, 0.1) is 5.69 Å². The zero-order valence-electron chi connectivity index (χ0n) is 14.2. The maximum absolute atomic E-state index is 13.9. The van der Waals surface area contributed by atoms with Gasteiger partial charge >= 0.3 is 0 Å². The first-order valence-electron chi connectivity index (χ1n) is 8.24. The van der Waals surface area contributed by atoms with Gasteiger partial charge in [0, 0.05) is 19.2 Å². The number of aldehydes is 1. The van der Waals surface area contributed by atoms with E-state index in [4.69, 9.17) is 0 Å². The fourth-order valence-corrected chi connectivity index (χ4v) is 2.94. The van der Waals surface area contributed by atoms with Crippen LogP contribution in [0.1, 0.15) is 27.0 Å². The summed E-state index contributed by atoms with van der Waals surface area (Å²) in [5.74, 6) is -0.265. The lowest BCUT2D eigenvalue weighted by Gasteiger charge is -2.21. The van der Waals surface area contributed by atoms with E-state index in [2.05, 4.69) is 12.1 Å². The average molecular weight is 333 g/mol. The minimum absolute atomic E-state index is 0.265. The fourth-order valence-electron chi connectivity index (χ4n) is 2.94. The van der Waals surface area contributed by atoms with Crippen LogP contribution in [0.2, 0.25) is 0 Å². The van der Waals surface area contributed by atoms with Gasteiger partial charge in [0.1, 0.15) is 12.1 Å². The Hall–Kier alpha value is -2.94. The van der Waals surface area contributed by atoms with Crippen LogP contribution in [0.15, 0.2) is 72.8 Å². The van der Waals surface area contributed by atoms with Crippen LogP contribution >= 0.6 is 0 Å². The summed E-state index contributed by atoms with van der Waals surface area (Å²) in [5, 5.41) is 0. The number of nitrogens with zero attached hydrogens (tertiary/aromatic N) is 1. The van der Waals surface area contributed by atoms with E-state index < -0.39 is 0 Å². The van der Waals surface area contributed by atoms with Gasteiger partial charge in [-0.2, -0.15) is 0 Å². The zero-order chi connectivity index (χ0) is 17.6. The van der Waals surface area contributed by atoms with E-state index in [-0.39, 0.29) is 5.82 Å². The summed E-state index contributed by atoms with van der Waals surface area (Å²) in [5.41, 5.74) is 4.35. The number of hydrogen-bond acceptors (Lipinski definition) is 2. The van der Waals surface area contributed by atoms with Gasteiger partial charge in [-0.3, -0.25) is 4.79 Å². The van der Waals surface area contributed by atoms with Crippen LogP contribution in [0.25, 0.3) is 0 Å². The average Bonchev–Trinajstić information content (AvgIpc) is 2.64. The minimum atomic E-state index is -0.265. The van der Waals surface area contributed by atoms with Crippen molar-refractivity contribution in [1.82, 2.24) is 0 Å². The highest BCUT2D eigenvalue weighted by atomic mass is 19.1. The molecule has 0 saturated carbocycles. The molecular weight excluding hydrogens is 313 g/mol. The van der Waals surface area contributed by atoms with E-state index in [9.17, 15) is 9.18 Å². The Kier molecular flexibility index (Phi) is 5.24. The van der Waals surface area contributed by atoms with Crippen molar-refractivity contribution >= 4 is 12.0 Å².